The van der Waals surface area contributed by atoms with Crippen molar-refractivity contribution in [3.63, 3.8) is 0 Å². The summed E-state index contributed by atoms with van der Waals surface area (Å²) in [6.45, 7) is 2.03. The van der Waals surface area contributed by atoms with Gasteiger partial charge in [-0.25, -0.2) is 4.39 Å². The third-order valence-corrected chi connectivity index (χ3v) is 5.15. The van der Waals surface area contributed by atoms with Crippen LogP contribution in [0.5, 0.6) is 0 Å². The maximum Gasteiger partial charge on any atom is 0.300 e. The van der Waals surface area contributed by atoms with Gasteiger partial charge in [-0.2, -0.15) is 0 Å². The highest BCUT2D eigenvalue weighted by Gasteiger charge is 2.47. The van der Waals surface area contributed by atoms with Crippen LogP contribution in [-0.2, 0) is 16.0 Å². The maximum absolute atomic E-state index is 13.3. The van der Waals surface area contributed by atoms with E-state index >= 15 is 0 Å². The molecule has 1 aliphatic heterocycles. The highest BCUT2D eigenvalue weighted by atomic mass is 19.1. The first-order valence-corrected chi connectivity index (χ1v) is 9.58. The van der Waals surface area contributed by atoms with E-state index in [1.165, 1.54) is 29.2 Å². The molecule has 1 aromatic heterocycles. The van der Waals surface area contributed by atoms with Crippen LogP contribution in [0.1, 0.15) is 29.8 Å². The zero-order valence-corrected chi connectivity index (χ0v) is 16.2. The van der Waals surface area contributed by atoms with Gasteiger partial charge in [0.2, 0.25) is 0 Å². The molecule has 1 aliphatic rings. The van der Waals surface area contributed by atoms with Crippen LogP contribution in [0.25, 0.3) is 5.76 Å². The second-order valence-corrected chi connectivity index (χ2v) is 6.95. The van der Waals surface area contributed by atoms with E-state index < -0.39 is 23.5 Å². The fraction of sp³-hybridized carbons (Fsp3) is 0.125. The number of halogens is 1. The number of hydrogen-bond donors (Lipinski definition) is 1. The molecule has 0 radical (unpaired) electrons. The number of anilines is 1. The van der Waals surface area contributed by atoms with Crippen molar-refractivity contribution in [2.75, 3.05) is 4.90 Å². The van der Waals surface area contributed by atoms with Gasteiger partial charge in [-0.05, 0) is 60.5 Å². The molecule has 1 N–H and O–H groups in total. The Balaban J connectivity index is 1.90. The number of aryl methyl sites for hydroxylation is 1. The molecule has 5 nitrogen and oxygen atoms in total. The number of hydrogen-bond acceptors (Lipinski definition) is 4. The average Bonchev–Trinajstić information content (AvgIpc) is 3.05. The molecule has 6 heteroatoms. The van der Waals surface area contributed by atoms with Crippen molar-refractivity contribution < 1.29 is 19.1 Å². The molecular weight excluding hydrogens is 383 g/mol. The van der Waals surface area contributed by atoms with Crippen LogP contribution in [0.3, 0.4) is 0 Å². The number of nitrogens with zero attached hydrogens (tertiary/aromatic N) is 2. The van der Waals surface area contributed by atoms with Crippen molar-refractivity contribution in [3.8, 4) is 0 Å². The molecular formula is C24H19FN2O3. The quantitative estimate of drug-likeness (QED) is 0.399. The van der Waals surface area contributed by atoms with Gasteiger partial charge in [-0.3, -0.25) is 19.5 Å². The van der Waals surface area contributed by atoms with Gasteiger partial charge in [0.25, 0.3) is 11.7 Å². The Kier molecular flexibility index (Phi) is 5.14. The van der Waals surface area contributed by atoms with Crippen molar-refractivity contribution >= 4 is 23.1 Å². The van der Waals surface area contributed by atoms with Gasteiger partial charge in [0.15, 0.2) is 0 Å². The predicted octanol–water partition coefficient (Wildman–Crippen LogP) is 4.41. The summed E-state index contributed by atoms with van der Waals surface area (Å²) in [5.74, 6) is -2.40. The Labute approximate surface area is 173 Å². The van der Waals surface area contributed by atoms with Gasteiger partial charge in [0.05, 0.1) is 11.3 Å². The summed E-state index contributed by atoms with van der Waals surface area (Å²) < 4.78 is 13.3. The number of aliphatic hydroxyl groups excluding tert-OH is 1. The lowest BCUT2D eigenvalue weighted by atomic mass is 9.98. The van der Waals surface area contributed by atoms with Gasteiger partial charge in [0.1, 0.15) is 17.6 Å². The van der Waals surface area contributed by atoms with E-state index in [-0.39, 0.29) is 16.9 Å². The van der Waals surface area contributed by atoms with Crippen molar-refractivity contribution in [2.24, 2.45) is 0 Å². The molecule has 4 rings (SSSR count). The molecule has 30 heavy (non-hydrogen) atoms. The molecule has 0 spiro atoms. The number of benzene rings is 2. The van der Waals surface area contributed by atoms with E-state index in [2.05, 4.69) is 4.98 Å². The summed E-state index contributed by atoms with van der Waals surface area (Å²) in [6, 6.07) is 16.7. The first-order chi connectivity index (χ1) is 14.5. The molecule has 1 atom stereocenters. The highest BCUT2D eigenvalue weighted by molar-refractivity contribution is 6.51. The molecule has 1 fully saturated rings. The van der Waals surface area contributed by atoms with E-state index in [0.29, 0.717) is 11.4 Å². The lowest BCUT2D eigenvalue weighted by Crippen LogP contribution is -2.29. The Morgan fingerprint density at radius 1 is 1.03 bits per heavy atom. The van der Waals surface area contributed by atoms with Crippen LogP contribution in [0.4, 0.5) is 10.1 Å². The highest BCUT2D eigenvalue weighted by Crippen LogP contribution is 2.41. The Hall–Kier alpha value is -3.80. The summed E-state index contributed by atoms with van der Waals surface area (Å²) in [5, 5.41) is 10.9. The van der Waals surface area contributed by atoms with Crippen LogP contribution in [-0.4, -0.2) is 21.8 Å². The lowest BCUT2D eigenvalue weighted by molar-refractivity contribution is -0.132. The largest absolute Gasteiger partial charge is 0.507 e. The zero-order chi connectivity index (χ0) is 21.3. The monoisotopic (exact) mass is 402 g/mol. The number of rotatable bonds is 4. The molecule has 1 amide bonds. The smallest absolute Gasteiger partial charge is 0.300 e. The minimum atomic E-state index is -0.899. The Bertz CT molecular complexity index is 1120. The number of pyridine rings is 1. The van der Waals surface area contributed by atoms with Crippen LogP contribution in [0.2, 0.25) is 0 Å². The summed E-state index contributed by atoms with van der Waals surface area (Å²) in [5.41, 5.74) is 2.24. The number of carbonyl (C=O) groups is 2. The predicted molar refractivity (Wildman–Crippen MR) is 111 cm³/mol. The van der Waals surface area contributed by atoms with Crippen LogP contribution in [0.15, 0.2) is 78.5 Å². The number of carbonyl (C=O) groups excluding carboxylic acids is 2. The first kappa shape index (κ1) is 19.5. The Morgan fingerprint density at radius 2 is 1.73 bits per heavy atom. The molecule has 2 aromatic carbocycles. The summed E-state index contributed by atoms with van der Waals surface area (Å²) in [7, 11) is 0. The summed E-state index contributed by atoms with van der Waals surface area (Å²) >= 11 is 0. The van der Waals surface area contributed by atoms with Crippen molar-refractivity contribution in [3.05, 3.63) is 101 Å². The minimum Gasteiger partial charge on any atom is -0.507 e. The molecule has 3 aromatic rings. The molecule has 0 bridgehead atoms. The third-order valence-electron chi connectivity index (χ3n) is 5.15. The second kappa shape index (κ2) is 7.91. The summed E-state index contributed by atoms with van der Waals surface area (Å²) in [6.07, 6.45) is 2.40. The zero-order valence-electron chi connectivity index (χ0n) is 16.2. The molecule has 2 heterocycles. The number of ketones is 1. The fourth-order valence-corrected chi connectivity index (χ4v) is 3.57. The summed E-state index contributed by atoms with van der Waals surface area (Å²) in [4.78, 5) is 31.6. The lowest BCUT2D eigenvalue weighted by Gasteiger charge is -2.24. The van der Waals surface area contributed by atoms with Crippen LogP contribution in [0, 0.1) is 5.82 Å². The van der Waals surface area contributed by atoms with Crippen molar-refractivity contribution in [1.29, 1.82) is 0 Å². The number of aromatic nitrogens is 1. The van der Waals surface area contributed by atoms with Gasteiger partial charge in [-0.15, -0.1) is 0 Å². The van der Waals surface area contributed by atoms with E-state index in [0.717, 1.165) is 12.0 Å². The third kappa shape index (κ3) is 3.37. The van der Waals surface area contributed by atoms with Gasteiger partial charge >= 0.3 is 0 Å². The standard InChI is InChI=1S/C24H19FN2O3/c1-2-15-6-12-18(13-7-15)27-21(19-5-3-4-14-26-19)20(23(29)24(27)30)22(28)16-8-10-17(25)11-9-16/h3-14,21,28H,2H2,1H3/b22-20-. The maximum atomic E-state index is 13.3. The normalized spacial score (nSPS) is 18.1. The van der Waals surface area contributed by atoms with Gasteiger partial charge in [-0.1, -0.05) is 25.1 Å². The number of aliphatic hydroxyl groups is 1. The van der Waals surface area contributed by atoms with E-state index in [1.54, 1.807) is 36.5 Å². The van der Waals surface area contributed by atoms with Gasteiger partial charge in [0, 0.05) is 17.4 Å². The first-order valence-electron chi connectivity index (χ1n) is 9.58. The van der Waals surface area contributed by atoms with Gasteiger partial charge < -0.3 is 5.11 Å². The molecule has 0 saturated carbocycles. The number of amides is 1. The molecule has 1 saturated heterocycles. The van der Waals surface area contributed by atoms with Crippen molar-refractivity contribution in [1.82, 2.24) is 4.98 Å². The SMILES string of the molecule is CCc1ccc(N2C(=O)C(=O)/C(=C(\O)c3ccc(F)cc3)C2c2ccccn2)cc1. The second-order valence-electron chi connectivity index (χ2n) is 6.95. The van der Waals surface area contributed by atoms with Crippen LogP contribution >= 0.6 is 0 Å². The Morgan fingerprint density at radius 3 is 2.33 bits per heavy atom. The fourth-order valence-electron chi connectivity index (χ4n) is 3.57. The van der Waals surface area contributed by atoms with Crippen molar-refractivity contribution in [2.45, 2.75) is 19.4 Å². The minimum absolute atomic E-state index is 0.0788. The molecule has 0 aliphatic carbocycles. The topological polar surface area (TPSA) is 70.5 Å². The van der Waals surface area contributed by atoms with E-state index in [4.69, 9.17) is 0 Å². The van der Waals surface area contributed by atoms with Crippen LogP contribution < -0.4 is 4.90 Å². The van der Waals surface area contributed by atoms with E-state index in [9.17, 15) is 19.1 Å². The van der Waals surface area contributed by atoms with E-state index in [1.807, 2.05) is 19.1 Å². The molecule has 150 valence electrons. The number of Topliss-reactive ketones (excluding diaryl/α,β-unsaturated/α-hetero) is 1. The average molecular weight is 402 g/mol. The molecule has 1 unspecified atom stereocenters.